The Morgan fingerprint density at radius 2 is 1.55 bits per heavy atom. The number of carbonyl (C=O) groups excluding carboxylic acids is 3. The second kappa shape index (κ2) is 13.5. The highest BCUT2D eigenvalue weighted by Crippen LogP contribution is 2.36. The maximum Gasteiger partial charge on any atom is 0.389 e. The van der Waals surface area contributed by atoms with Crippen molar-refractivity contribution >= 4 is 23.3 Å². The summed E-state index contributed by atoms with van der Waals surface area (Å²) < 4.78 is 36.8. The molecular formula is C32H39F3N2O3. The highest BCUT2D eigenvalue weighted by Gasteiger charge is 2.33. The van der Waals surface area contributed by atoms with Gasteiger partial charge in [0.1, 0.15) is 0 Å². The predicted molar refractivity (Wildman–Crippen MR) is 149 cm³/mol. The zero-order valence-electron chi connectivity index (χ0n) is 23.1. The summed E-state index contributed by atoms with van der Waals surface area (Å²) in [7, 11) is 0. The van der Waals surface area contributed by atoms with Gasteiger partial charge in [-0.1, -0.05) is 62.9 Å². The molecule has 216 valence electrons. The Morgan fingerprint density at radius 1 is 0.875 bits per heavy atom. The summed E-state index contributed by atoms with van der Waals surface area (Å²) in [6.07, 6.45) is 1.82. The van der Waals surface area contributed by atoms with E-state index in [4.69, 9.17) is 0 Å². The van der Waals surface area contributed by atoms with Gasteiger partial charge in [-0.25, -0.2) is 0 Å². The summed E-state index contributed by atoms with van der Waals surface area (Å²) in [4.78, 5) is 39.3. The molecule has 40 heavy (non-hydrogen) atoms. The van der Waals surface area contributed by atoms with E-state index in [1.165, 1.54) is 6.42 Å². The number of benzene rings is 2. The van der Waals surface area contributed by atoms with E-state index in [0.717, 1.165) is 57.2 Å². The number of Topliss-reactive ketones (excluding diaryl/α,β-unsaturated/α-hetero) is 1. The molecule has 0 spiro atoms. The average Bonchev–Trinajstić information content (AvgIpc) is 3.16. The van der Waals surface area contributed by atoms with Gasteiger partial charge < -0.3 is 10.2 Å². The number of carbonyl (C=O) groups is 3. The third kappa shape index (κ3) is 8.42. The van der Waals surface area contributed by atoms with Crippen molar-refractivity contribution in [1.82, 2.24) is 4.90 Å². The van der Waals surface area contributed by atoms with Gasteiger partial charge in [-0.2, -0.15) is 13.2 Å². The second-order valence-electron chi connectivity index (χ2n) is 11.5. The number of ketones is 1. The monoisotopic (exact) mass is 556 g/mol. The molecule has 2 aromatic rings. The highest BCUT2D eigenvalue weighted by atomic mass is 19.4. The molecule has 1 aliphatic heterocycles. The fourth-order valence-electron chi connectivity index (χ4n) is 6.02. The Kier molecular flexibility index (Phi) is 10.0. The molecule has 2 aliphatic rings. The molecule has 5 nitrogen and oxygen atoms in total. The van der Waals surface area contributed by atoms with Crippen LogP contribution in [0.2, 0.25) is 0 Å². The van der Waals surface area contributed by atoms with Crippen LogP contribution in [0.1, 0.15) is 85.4 Å². The Morgan fingerprint density at radius 3 is 2.23 bits per heavy atom. The van der Waals surface area contributed by atoms with Crippen LogP contribution in [0.25, 0.3) is 0 Å². The summed E-state index contributed by atoms with van der Waals surface area (Å²) in [6, 6.07) is 15.9. The minimum atomic E-state index is -4.37. The van der Waals surface area contributed by atoms with Crippen molar-refractivity contribution in [2.45, 2.75) is 70.9 Å². The van der Waals surface area contributed by atoms with Gasteiger partial charge in [0.05, 0.1) is 6.42 Å². The number of rotatable bonds is 10. The first-order valence-electron chi connectivity index (χ1n) is 14.4. The van der Waals surface area contributed by atoms with Gasteiger partial charge in [0.25, 0.3) is 5.91 Å². The Hall–Kier alpha value is -3.16. The minimum Gasteiger partial charge on any atom is -0.338 e. The fraction of sp³-hybridized carbons (Fsp3) is 0.531. The molecule has 2 aromatic carbocycles. The van der Waals surface area contributed by atoms with Crippen LogP contribution in [-0.2, 0) is 4.79 Å². The quantitative estimate of drug-likeness (QED) is 0.243. The number of nitrogens with one attached hydrogen (secondary N) is 1. The molecule has 1 N–H and O–H groups in total. The molecule has 0 radical (unpaired) electrons. The van der Waals surface area contributed by atoms with Crippen LogP contribution >= 0.6 is 0 Å². The van der Waals surface area contributed by atoms with Crippen LogP contribution in [0.3, 0.4) is 0 Å². The zero-order chi connectivity index (χ0) is 28.7. The lowest BCUT2D eigenvalue weighted by Gasteiger charge is -2.40. The lowest BCUT2D eigenvalue weighted by molar-refractivity contribution is -0.142. The SMILES string of the molecule is CC(C(=O)c1ccccc1)C1CCCC(CCC2CN(C(=O)c3ccc(NC(=O)CCC(F)(F)F)cc3)C2)CC1. The van der Waals surface area contributed by atoms with Crippen molar-refractivity contribution in [2.24, 2.45) is 23.7 Å². The number of halogens is 3. The van der Waals surface area contributed by atoms with E-state index in [2.05, 4.69) is 12.2 Å². The molecule has 8 heteroatoms. The number of likely N-dealkylation sites (tertiary alicyclic amines) is 1. The van der Waals surface area contributed by atoms with Gasteiger partial charge in [-0.15, -0.1) is 0 Å². The number of nitrogens with zero attached hydrogens (tertiary/aromatic N) is 1. The van der Waals surface area contributed by atoms with Crippen LogP contribution in [0.15, 0.2) is 54.6 Å². The smallest absolute Gasteiger partial charge is 0.338 e. The number of alkyl halides is 3. The first kappa shape index (κ1) is 29.8. The number of hydrogen-bond donors (Lipinski definition) is 1. The number of anilines is 1. The zero-order valence-corrected chi connectivity index (χ0v) is 23.1. The first-order chi connectivity index (χ1) is 19.1. The van der Waals surface area contributed by atoms with Crippen LogP contribution in [-0.4, -0.2) is 41.8 Å². The van der Waals surface area contributed by atoms with Crippen molar-refractivity contribution in [3.8, 4) is 0 Å². The van der Waals surface area contributed by atoms with E-state index in [1.807, 2.05) is 35.2 Å². The Bertz CT molecular complexity index is 1140. The molecule has 3 unspecified atom stereocenters. The summed E-state index contributed by atoms with van der Waals surface area (Å²) in [6.45, 7) is 3.54. The van der Waals surface area contributed by atoms with Gasteiger partial charge in [-0.05, 0) is 61.3 Å². The molecule has 1 heterocycles. The molecule has 1 saturated heterocycles. The molecule has 2 fully saturated rings. The third-order valence-electron chi connectivity index (χ3n) is 8.59. The Labute approximate surface area is 234 Å². The summed E-state index contributed by atoms with van der Waals surface area (Å²) >= 11 is 0. The standard InChI is InChI=1S/C32H39F3N2O3/c1-22(30(39)26-7-3-2-4-8-26)25-9-5-6-23(12-13-25)10-11-24-20-37(21-24)31(40)27-14-16-28(17-15-27)36-29(38)18-19-32(33,34)35/h2-4,7-8,14-17,22-25H,5-6,9-13,18-21H2,1H3,(H,36,38). The van der Waals surface area contributed by atoms with Gasteiger partial charge in [0.15, 0.2) is 5.78 Å². The molecular weight excluding hydrogens is 517 g/mol. The molecule has 0 bridgehead atoms. The first-order valence-corrected chi connectivity index (χ1v) is 14.4. The van der Waals surface area contributed by atoms with E-state index < -0.39 is 24.9 Å². The molecule has 2 amide bonds. The number of amides is 2. The average molecular weight is 557 g/mol. The van der Waals surface area contributed by atoms with E-state index in [1.54, 1.807) is 24.3 Å². The third-order valence-corrected chi connectivity index (χ3v) is 8.59. The Balaban J connectivity index is 1.15. The van der Waals surface area contributed by atoms with Crippen LogP contribution < -0.4 is 5.32 Å². The minimum absolute atomic E-state index is 0.0482. The lowest BCUT2D eigenvalue weighted by atomic mass is 9.82. The summed E-state index contributed by atoms with van der Waals surface area (Å²) in [5.74, 6) is 1.13. The lowest BCUT2D eigenvalue weighted by Crippen LogP contribution is -2.50. The van der Waals surface area contributed by atoms with Crippen molar-refractivity contribution in [2.75, 3.05) is 18.4 Å². The maximum atomic E-state index is 12.9. The van der Waals surface area contributed by atoms with Crippen LogP contribution in [0.4, 0.5) is 18.9 Å². The molecule has 1 aliphatic carbocycles. The van der Waals surface area contributed by atoms with E-state index in [-0.39, 0.29) is 17.6 Å². The van der Waals surface area contributed by atoms with E-state index in [0.29, 0.717) is 29.0 Å². The van der Waals surface area contributed by atoms with Gasteiger partial charge in [0.2, 0.25) is 5.91 Å². The molecule has 1 saturated carbocycles. The van der Waals surface area contributed by atoms with Crippen molar-refractivity contribution in [3.05, 3.63) is 65.7 Å². The van der Waals surface area contributed by atoms with Gasteiger partial charge in [-0.3, -0.25) is 14.4 Å². The van der Waals surface area contributed by atoms with E-state index >= 15 is 0 Å². The maximum absolute atomic E-state index is 12.9. The summed E-state index contributed by atoms with van der Waals surface area (Å²) in [5.41, 5.74) is 1.68. The van der Waals surface area contributed by atoms with E-state index in [9.17, 15) is 27.6 Å². The van der Waals surface area contributed by atoms with Crippen LogP contribution in [0, 0.1) is 23.7 Å². The normalized spacial score (nSPS) is 20.8. The highest BCUT2D eigenvalue weighted by molar-refractivity contribution is 5.98. The van der Waals surface area contributed by atoms with Crippen LogP contribution in [0.5, 0.6) is 0 Å². The summed E-state index contributed by atoms with van der Waals surface area (Å²) in [5, 5.41) is 2.44. The largest absolute Gasteiger partial charge is 0.389 e. The predicted octanol–water partition coefficient (Wildman–Crippen LogP) is 7.54. The fourth-order valence-corrected chi connectivity index (χ4v) is 6.02. The molecule has 0 aromatic heterocycles. The van der Waals surface area contributed by atoms with Gasteiger partial charge in [0, 0.05) is 42.2 Å². The van der Waals surface area contributed by atoms with Crippen molar-refractivity contribution in [3.63, 3.8) is 0 Å². The van der Waals surface area contributed by atoms with Crippen molar-refractivity contribution in [1.29, 1.82) is 0 Å². The second-order valence-corrected chi connectivity index (χ2v) is 11.5. The molecule has 4 rings (SSSR count). The molecule has 3 atom stereocenters. The van der Waals surface area contributed by atoms with Gasteiger partial charge >= 0.3 is 6.18 Å². The number of hydrogen-bond acceptors (Lipinski definition) is 3. The van der Waals surface area contributed by atoms with Crippen molar-refractivity contribution < 1.29 is 27.6 Å². The topological polar surface area (TPSA) is 66.5 Å².